The van der Waals surface area contributed by atoms with Crippen molar-refractivity contribution < 1.29 is 14.3 Å². The van der Waals surface area contributed by atoms with E-state index >= 15 is 0 Å². The highest BCUT2D eigenvalue weighted by Gasteiger charge is 2.30. The summed E-state index contributed by atoms with van der Waals surface area (Å²) < 4.78 is 14.1. The maximum absolute atomic E-state index is 14.1. The second kappa shape index (κ2) is 6.08. The lowest BCUT2D eigenvalue weighted by atomic mass is 10.1. The molecule has 1 aromatic rings. The summed E-state index contributed by atoms with van der Waals surface area (Å²) >= 11 is 6.05. The zero-order valence-electron chi connectivity index (χ0n) is 11.6. The van der Waals surface area contributed by atoms with Gasteiger partial charge in [-0.25, -0.2) is 4.39 Å². The lowest BCUT2D eigenvalue weighted by Crippen LogP contribution is -2.54. The molecule has 0 spiro atoms. The molecule has 0 unspecified atom stereocenters. The normalized spacial score (nSPS) is 21.1. The van der Waals surface area contributed by atoms with Crippen LogP contribution in [0.5, 0.6) is 0 Å². The number of carboxylic acids is 1. The number of aryl methyl sites for hydroxylation is 1. The first-order valence-electron chi connectivity index (χ1n) is 6.49. The first-order chi connectivity index (χ1) is 9.40. The second-order valence-corrected chi connectivity index (χ2v) is 5.63. The zero-order valence-corrected chi connectivity index (χ0v) is 12.3. The Labute approximate surface area is 122 Å². The summed E-state index contributed by atoms with van der Waals surface area (Å²) in [6.45, 7) is 3.74. The predicted molar refractivity (Wildman–Crippen MR) is 75.5 cm³/mol. The highest BCUT2D eigenvalue weighted by Crippen LogP contribution is 2.24. The molecule has 0 bridgehead atoms. The average Bonchev–Trinajstić information content (AvgIpc) is 2.40. The molecule has 6 heteroatoms. The van der Waals surface area contributed by atoms with Crippen molar-refractivity contribution in [3.8, 4) is 0 Å². The Kier molecular flexibility index (Phi) is 4.62. The molecule has 20 heavy (non-hydrogen) atoms. The molecule has 0 amide bonds. The number of rotatable bonds is 3. The molecule has 0 aromatic heterocycles. The smallest absolute Gasteiger partial charge is 0.322 e. The van der Waals surface area contributed by atoms with Gasteiger partial charge in [0.2, 0.25) is 0 Å². The molecule has 1 N–H and O–H groups in total. The van der Waals surface area contributed by atoms with E-state index in [1.807, 2.05) is 4.90 Å². The van der Waals surface area contributed by atoms with Gasteiger partial charge >= 0.3 is 5.97 Å². The standard InChI is InChI=1S/C14H18ClFN2O2/c1-9-3-4-11(15)10(13(9)16)7-18-6-5-17(2)12(8-18)14(19)20/h3-4,12H,5-8H2,1-2H3,(H,19,20)/t12-/m1/s1. The van der Waals surface area contributed by atoms with Crippen molar-refractivity contribution in [3.63, 3.8) is 0 Å². The van der Waals surface area contributed by atoms with E-state index in [2.05, 4.69) is 0 Å². The lowest BCUT2D eigenvalue weighted by molar-refractivity contribution is -0.145. The second-order valence-electron chi connectivity index (χ2n) is 5.23. The van der Waals surface area contributed by atoms with E-state index in [0.29, 0.717) is 42.3 Å². The van der Waals surface area contributed by atoms with Crippen LogP contribution >= 0.6 is 11.6 Å². The molecular formula is C14H18ClFN2O2. The summed E-state index contributed by atoms with van der Waals surface area (Å²) in [7, 11) is 1.79. The maximum Gasteiger partial charge on any atom is 0.322 e. The average molecular weight is 301 g/mol. The van der Waals surface area contributed by atoms with Crippen molar-refractivity contribution in [2.45, 2.75) is 19.5 Å². The molecule has 110 valence electrons. The summed E-state index contributed by atoms with van der Waals surface area (Å²) in [6.07, 6.45) is 0. The van der Waals surface area contributed by atoms with Gasteiger partial charge < -0.3 is 5.11 Å². The molecule has 0 saturated carbocycles. The molecule has 1 heterocycles. The predicted octanol–water partition coefficient (Wildman–Crippen LogP) is 1.99. The van der Waals surface area contributed by atoms with E-state index in [1.54, 1.807) is 31.0 Å². The fourth-order valence-electron chi connectivity index (χ4n) is 2.42. The number of nitrogens with zero attached hydrogens (tertiary/aromatic N) is 2. The quantitative estimate of drug-likeness (QED) is 0.927. The van der Waals surface area contributed by atoms with Gasteiger partial charge in [-0.1, -0.05) is 17.7 Å². The van der Waals surface area contributed by atoms with Crippen molar-refractivity contribution in [1.82, 2.24) is 9.80 Å². The number of hydrogen-bond acceptors (Lipinski definition) is 3. The van der Waals surface area contributed by atoms with Crippen molar-refractivity contribution in [2.75, 3.05) is 26.7 Å². The van der Waals surface area contributed by atoms with Crippen molar-refractivity contribution in [1.29, 1.82) is 0 Å². The van der Waals surface area contributed by atoms with Gasteiger partial charge in [0.1, 0.15) is 11.9 Å². The van der Waals surface area contributed by atoms with E-state index in [4.69, 9.17) is 11.6 Å². The summed E-state index contributed by atoms with van der Waals surface area (Å²) in [4.78, 5) is 14.9. The van der Waals surface area contributed by atoms with E-state index in [0.717, 1.165) is 0 Å². The van der Waals surface area contributed by atoms with Crippen molar-refractivity contribution in [2.24, 2.45) is 0 Å². The van der Waals surface area contributed by atoms with Gasteiger partial charge in [-0.05, 0) is 25.6 Å². The fourth-order valence-corrected chi connectivity index (χ4v) is 2.63. The number of aliphatic carboxylic acids is 1. The third kappa shape index (κ3) is 3.11. The number of benzene rings is 1. The SMILES string of the molecule is Cc1ccc(Cl)c(CN2CCN(C)[C@@H](C(=O)O)C2)c1F. The first kappa shape index (κ1) is 15.2. The van der Waals surface area contributed by atoms with E-state index < -0.39 is 12.0 Å². The molecular weight excluding hydrogens is 283 g/mol. The molecule has 1 aliphatic rings. The largest absolute Gasteiger partial charge is 0.480 e. The maximum atomic E-state index is 14.1. The molecule has 2 rings (SSSR count). The monoisotopic (exact) mass is 300 g/mol. The Hall–Kier alpha value is -1.17. The number of carboxylic acid groups (broad SMARTS) is 1. The number of piperazine rings is 1. The minimum absolute atomic E-state index is 0.302. The third-order valence-corrected chi connectivity index (χ3v) is 4.13. The molecule has 1 aliphatic heterocycles. The summed E-state index contributed by atoms with van der Waals surface area (Å²) in [5.41, 5.74) is 0.994. The molecule has 1 saturated heterocycles. The third-order valence-electron chi connectivity index (χ3n) is 3.78. The van der Waals surface area contributed by atoms with Crippen LogP contribution in [0.4, 0.5) is 4.39 Å². The number of hydrogen-bond donors (Lipinski definition) is 1. The number of carbonyl (C=O) groups is 1. The number of halogens is 2. The zero-order chi connectivity index (χ0) is 14.9. The van der Waals surface area contributed by atoms with E-state index in [-0.39, 0.29) is 5.82 Å². The van der Waals surface area contributed by atoms with Crippen molar-refractivity contribution in [3.05, 3.63) is 34.1 Å². The van der Waals surface area contributed by atoms with Crippen LogP contribution in [0.2, 0.25) is 5.02 Å². The van der Waals surface area contributed by atoms with E-state index in [1.165, 1.54) is 0 Å². The molecule has 4 nitrogen and oxygen atoms in total. The van der Waals surface area contributed by atoms with Crippen LogP contribution in [0.15, 0.2) is 12.1 Å². The Bertz CT molecular complexity index is 524. The first-order valence-corrected chi connectivity index (χ1v) is 6.87. The fraction of sp³-hybridized carbons (Fsp3) is 0.500. The van der Waals surface area contributed by atoms with Crippen LogP contribution in [0, 0.1) is 12.7 Å². The van der Waals surface area contributed by atoms with Crippen molar-refractivity contribution >= 4 is 17.6 Å². The Morgan fingerprint density at radius 3 is 2.85 bits per heavy atom. The van der Waals surface area contributed by atoms with Crippen LogP contribution in [-0.4, -0.2) is 53.6 Å². The molecule has 0 aliphatic carbocycles. The molecule has 0 radical (unpaired) electrons. The highest BCUT2D eigenvalue weighted by molar-refractivity contribution is 6.31. The van der Waals surface area contributed by atoms with Gasteiger partial charge in [0.25, 0.3) is 0 Å². The molecule has 1 fully saturated rings. The van der Waals surface area contributed by atoms with Gasteiger partial charge in [0.15, 0.2) is 0 Å². The van der Waals surface area contributed by atoms with Crippen LogP contribution in [0.1, 0.15) is 11.1 Å². The van der Waals surface area contributed by atoms with Gasteiger partial charge in [-0.3, -0.25) is 14.6 Å². The van der Waals surface area contributed by atoms with Gasteiger partial charge in [0, 0.05) is 36.8 Å². The van der Waals surface area contributed by atoms with Crippen LogP contribution < -0.4 is 0 Å². The van der Waals surface area contributed by atoms with Gasteiger partial charge in [-0.2, -0.15) is 0 Å². The van der Waals surface area contributed by atoms with Crippen LogP contribution in [0.25, 0.3) is 0 Å². The lowest BCUT2D eigenvalue weighted by Gasteiger charge is -2.37. The Morgan fingerprint density at radius 2 is 2.20 bits per heavy atom. The Balaban J connectivity index is 2.15. The van der Waals surface area contributed by atoms with Gasteiger partial charge in [0.05, 0.1) is 0 Å². The topological polar surface area (TPSA) is 43.8 Å². The van der Waals surface area contributed by atoms with Gasteiger partial charge in [-0.15, -0.1) is 0 Å². The Morgan fingerprint density at radius 1 is 1.50 bits per heavy atom. The summed E-state index contributed by atoms with van der Waals surface area (Å²) in [6, 6.07) is 2.76. The van der Waals surface area contributed by atoms with Crippen LogP contribution in [-0.2, 0) is 11.3 Å². The highest BCUT2D eigenvalue weighted by atomic mass is 35.5. The molecule has 1 aromatic carbocycles. The summed E-state index contributed by atoms with van der Waals surface area (Å²) in [5.74, 6) is -1.16. The van der Waals surface area contributed by atoms with Crippen LogP contribution in [0.3, 0.4) is 0 Å². The van der Waals surface area contributed by atoms with E-state index in [9.17, 15) is 14.3 Å². The minimum Gasteiger partial charge on any atom is -0.480 e. The minimum atomic E-state index is -0.854. The summed E-state index contributed by atoms with van der Waals surface area (Å²) in [5, 5.41) is 9.57. The number of likely N-dealkylation sites (N-methyl/N-ethyl adjacent to an activating group) is 1. The molecule has 1 atom stereocenters.